The molecule has 6 nitrogen and oxygen atoms in total. The quantitative estimate of drug-likeness (QED) is 0.563. The summed E-state index contributed by atoms with van der Waals surface area (Å²) >= 11 is 0. The van der Waals surface area contributed by atoms with Crippen LogP contribution in [0.25, 0.3) is 0 Å². The van der Waals surface area contributed by atoms with Crippen LogP contribution in [0.2, 0.25) is 0 Å². The number of methoxy groups -OCH3 is 1. The Morgan fingerprint density at radius 1 is 1.29 bits per heavy atom. The first-order valence-corrected chi connectivity index (χ1v) is 10.9. The average Bonchev–Trinajstić information content (AvgIpc) is 3.28. The number of nitrogens with zero attached hydrogens (tertiary/aromatic N) is 2. The van der Waals surface area contributed by atoms with E-state index in [9.17, 15) is 4.39 Å². The fourth-order valence-corrected chi connectivity index (χ4v) is 4.25. The molecule has 0 radical (unpaired) electrons. The molecule has 1 fully saturated rings. The Labute approximate surface area is 183 Å². The van der Waals surface area contributed by atoms with Gasteiger partial charge >= 0.3 is 0 Å². The van der Waals surface area contributed by atoms with Gasteiger partial charge in [0.05, 0.1) is 13.7 Å². The van der Waals surface area contributed by atoms with Crippen molar-refractivity contribution in [3.05, 3.63) is 58.9 Å². The molecular weight excluding hydrogens is 397 g/mol. The summed E-state index contributed by atoms with van der Waals surface area (Å²) in [7, 11) is 1.69. The second kappa shape index (κ2) is 10.0. The standard InChI is InChI=1S/C24H30FN3O3/c1-3-26-24(28-11-9-19(14-28)17-4-6-22(29-2)7-5-17)27-10-8-18-12-21(25)13-20-15-30-16-31-23(18)20/h4-7,12-13,19H,3,8-11,14-16H2,1-2H3,(H,26,27). The Kier molecular flexibility index (Phi) is 6.92. The lowest BCUT2D eigenvalue weighted by Crippen LogP contribution is -2.40. The van der Waals surface area contributed by atoms with Gasteiger partial charge in [0.25, 0.3) is 0 Å². The first-order chi connectivity index (χ1) is 15.2. The number of halogens is 1. The first kappa shape index (κ1) is 21.4. The van der Waals surface area contributed by atoms with E-state index in [0.717, 1.165) is 54.6 Å². The summed E-state index contributed by atoms with van der Waals surface area (Å²) in [6.07, 6.45) is 1.70. The highest BCUT2D eigenvalue weighted by molar-refractivity contribution is 5.80. The van der Waals surface area contributed by atoms with Crippen LogP contribution in [0.3, 0.4) is 0 Å². The third kappa shape index (κ3) is 5.10. The highest BCUT2D eigenvalue weighted by Gasteiger charge is 2.26. The van der Waals surface area contributed by atoms with Gasteiger partial charge in [-0.2, -0.15) is 0 Å². The van der Waals surface area contributed by atoms with Crippen molar-refractivity contribution in [3.8, 4) is 11.5 Å². The molecule has 31 heavy (non-hydrogen) atoms. The van der Waals surface area contributed by atoms with Gasteiger partial charge in [-0.15, -0.1) is 0 Å². The van der Waals surface area contributed by atoms with Crippen LogP contribution >= 0.6 is 0 Å². The second-order valence-electron chi connectivity index (χ2n) is 7.85. The van der Waals surface area contributed by atoms with Gasteiger partial charge in [0.1, 0.15) is 17.3 Å². The summed E-state index contributed by atoms with van der Waals surface area (Å²) in [5, 5.41) is 3.41. The minimum Gasteiger partial charge on any atom is -0.497 e. The van der Waals surface area contributed by atoms with Crippen LogP contribution in [0.4, 0.5) is 4.39 Å². The average molecular weight is 428 g/mol. The first-order valence-electron chi connectivity index (χ1n) is 10.9. The Balaban J connectivity index is 1.41. The van der Waals surface area contributed by atoms with E-state index in [1.54, 1.807) is 13.2 Å². The van der Waals surface area contributed by atoms with Gasteiger partial charge in [0.15, 0.2) is 12.8 Å². The summed E-state index contributed by atoms with van der Waals surface area (Å²) in [6, 6.07) is 11.4. The zero-order chi connectivity index (χ0) is 21.6. The Morgan fingerprint density at radius 3 is 2.90 bits per heavy atom. The van der Waals surface area contributed by atoms with E-state index in [1.165, 1.54) is 11.6 Å². The highest BCUT2D eigenvalue weighted by Crippen LogP contribution is 2.30. The summed E-state index contributed by atoms with van der Waals surface area (Å²) in [4.78, 5) is 7.14. The number of rotatable bonds is 6. The molecule has 1 unspecified atom stereocenters. The summed E-state index contributed by atoms with van der Waals surface area (Å²) in [5.41, 5.74) is 2.93. The van der Waals surface area contributed by atoms with Crippen molar-refractivity contribution in [2.24, 2.45) is 4.99 Å². The van der Waals surface area contributed by atoms with E-state index in [-0.39, 0.29) is 12.6 Å². The smallest absolute Gasteiger partial charge is 0.193 e. The number of guanidine groups is 1. The number of hydrogen-bond donors (Lipinski definition) is 1. The van der Waals surface area contributed by atoms with Crippen LogP contribution in [0.1, 0.15) is 36.0 Å². The van der Waals surface area contributed by atoms with Crippen LogP contribution in [0.5, 0.6) is 11.5 Å². The minimum absolute atomic E-state index is 0.206. The summed E-state index contributed by atoms with van der Waals surface area (Å²) in [6.45, 7) is 5.91. The minimum atomic E-state index is -0.263. The van der Waals surface area contributed by atoms with E-state index in [0.29, 0.717) is 25.5 Å². The topological polar surface area (TPSA) is 55.3 Å². The Hall–Kier alpha value is -2.80. The molecule has 0 saturated carbocycles. The maximum absolute atomic E-state index is 14.0. The van der Waals surface area contributed by atoms with Crippen molar-refractivity contribution in [1.82, 2.24) is 10.2 Å². The highest BCUT2D eigenvalue weighted by atomic mass is 19.1. The molecule has 0 aromatic heterocycles. The maximum Gasteiger partial charge on any atom is 0.193 e. The molecule has 4 rings (SSSR count). The van der Waals surface area contributed by atoms with Crippen molar-refractivity contribution >= 4 is 5.96 Å². The molecule has 1 N–H and O–H groups in total. The number of fused-ring (bicyclic) bond motifs is 1. The van der Waals surface area contributed by atoms with Gasteiger partial charge in [-0.25, -0.2) is 4.39 Å². The number of benzene rings is 2. The predicted molar refractivity (Wildman–Crippen MR) is 118 cm³/mol. The second-order valence-corrected chi connectivity index (χ2v) is 7.85. The fourth-order valence-electron chi connectivity index (χ4n) is 4.25. The van der Waals surface area contributed by atoms with Crippen molar-refractivity contribution in [2.45, 2.75) is 32.3 Å². The van der Waals surface area contributed by atoms with Crippen LogP contribution in [0.15, 0.2) is 41.4 Å². The Bertz CT molecular complexity index is 917. The number of ether oxygens (including phenoxy) is 3. The van der Waals surface area contributed by atoms with E-state index in [2.05, 4.69) is 29.3 Å². The van der Waals surface area contributed by atoms with Gasteiger partial charge in [-0.3, -0.25) is 4.99 Å². The third-order valence-corrected chi connectivity index (χ3v) is 5.80. The van der Waals surface area contributed by atoms with Crippen molar-refractivity contribution in [3.63, 3.8) is 0 Å². The van der Waals surface area contributed by atoms with Gasteiger partial charge in [0, 0.05) is 37.7 Å². The summed E-state index contributed by atoms with van der Waals surface area (Å²) < 4.78 is 30.1. The molecular formula is C24H30FN3O3. The SMILES string of the molecule is CCNC(=NCCc1cc(F)cc2c1OCOC2)N1CCC(c2ccc(OC)cc2)C1. The van der Waals surface area contributed by atoms with E-state index < -0.39 is 0 Å². The molecule has 2 aromatic rings. The molecule has 2 aromatic carbocycles. The van der Waals surface area contributed by atoms with Crippen molar-refractivity contribution < 1.29 is 18.6 Å². The maximum atomic E-state index is 14.0. The molecule has 2 aliphatic heterocycles. The van der Waals surface area contributed by atoms with Crippen LogP contribution in [0, 0.1) is 5.82 Å². The molecule has 0 amide bonds. The van der Waals surface area contributed by atoms with E-state index in [1.807, 2.05) is 12.1 Å². The van der Waals surface area contributed by atoms with Crippen LogP contribution < -0.4 is 14.8 Å². The summed E-state index contributed by atoms with van der Waals surface area (Å²) in [5.74, 6) is 2.74. The lowest BCUT2D eigenvalue weighted by atomic mass is 9.98. The van der Waals surface area contributed by atoms with Crippen LogP contribution in [-0.4, -0.2) is 50.9 Å². The van der Waals surface area contributed by atoms with E-state index in [4.69, 9.17) is 19.2 Å². The largest absolute Gasteiger partial charge is 0.497 e. The molecule has 166 valence electrons. The normalized spacial score (nSPS) is 18.5. The zero-order valence-electron chi connectivity index (χ0n) is 18.2. The number of likely N-dealkylation sites (tertiary alicyclic amines) is 1. The van der Waals surface area contributed by atoms with Gasteiger partial charge < -0.3 is 24.4 Å². The Morgan fingerprint density at radius 2 is 2.13 bits per heavy atom. The number of nitrogens with one attached hydrogen (secondary N) is 1. The van der Waals surface area contributed by atoms with Crippen LogP contribution in [-0.2, 0) is 17.8 Å². The number of hydrogen-bond acceptors (Lipinski definition) is 4. The van der Waals surface area contributed by atoms with Crippen molar-refractivity contribution in [2.75, 3.05) is 40.1 Å². The predicted octanol–water partition coefficient (Wildman–Crippen LogP) is 3.70. The lowest BCUT2D eigenvalue weighted by Gasteiger charge is -2.22. The van der Waals surface area contributed by atoms with Gasteiger partial charge in [0.2, 0.25) is 0 Å². The fraction of sp³-hybridized carbons (Fsp3) is 0.458. The lowest BCUT2D eigenvalue weighted by molar-refractivity contribution is -0.0172. The van der Waals surface area contributed by atoms with Gasteiger partial charge in [-0.05, 0) is 55.2 Å². The monoisotopic (exact) mass is 427 g/mol. The third-order valence-electron chi connectivity index (χ3n) is 5.80. The molecule has 0 spiro atoms. The molecule has 0 aliphatic carbocycles. The molecule has 7 heteroatoms. The van der Waals surface area contributed by atoms with Crippen molar-refractivity contribution in [1.29, 1.82) is 0 Å². The molecule has 1 saturated heterocycles. The van der Waals surface area contributed by atoms with Gasteiger partial charge in [-0.1, -0.05) is 12.1 Å². The molecule has 0 bridgehead atoms. The molecule has 2 heterocycles. The molecule has 2 aliphatic rings. The molecule has 1 atom stereocenters. The van der Waals surface area contributed by atoms with E-state index >= 15 is 0 Å². The zero-order valence-corrected chi connectivity index (χ0v) is 18.2. The number of aliphatic imine (C=N–C) groups is 1.